The first kappa shape index (κ1) is 13.1. The molecule has 1 aromatic carbocycles. The Morgan fingerprint density at radius 2 is 1.94 bits per heavy atom. The molecular formula is C15H19NO2. The molecule has 3 heteroatoms. The molecule has 0 bridgehead atoms. The third-order valence-corrected chi connectivity index (χ3v) is 3.52. The first-order valence-corrected chi connectivity index (χ1v) is 6.45. The summed E-state index contributed by atoms with van der Waals surface area (Å²) < 4.78 is 11.0. The van der Waals surface area contributed by atoms with Crippen LogP contribution in [0.15, 0.2) is 30.3 Å². The molecule has 1 aliphatic rings. The van der Waals surface area contributed by atoms with E-state index in [0.29, 0.717) is 26.4 Å². The quantitative estimate of drug-likeness (QED) is 0.749. The molecule has 0 aromatic heterocycles. The predicted molar refractivity (Wildman–Crippen MR) is 68.8 cm³/mol. The summed E-state index contributed by atoms with van der Waals surface area (Å²) in [6.45, 7) is 2.67. The Hall–Kier alpha value is -1.37. The Morgan fingerprint density at radius 1 is 1.22 bits per heavy atom. The highest BCUT2D eigenvalue weighted by Gasteiger charge is 2.32. The van der Waals surface area contributed by atoms with Crippen molar-refractivity contribution in [2.45, 2.75) is 25.9 Å². The van der Waals surface area contributed by atoms with Gasteiger partial charge in [0.1, 0.15) is 0 Å². The van der Waals surface area contributed by atoms with Gasteiger partial charge in [-0.25, -0.2) is 0 Å². The van der Waals surface area contributed by atoms with Gasteiger partial charge in [0.25, 0.3) is 0 Å². The maximum atomic E-state index is 9.30. The van der Waals surface area contributed by atoms with Crippen molar-refractivity contribution >= 4 is 0 Å². The van der Waals surface area contributed by atoms with Crippen LogP contribution in [-0.4, -0.2) is 19.8 Å². The van der Waals surface area contributed by atoms with Crippen LogP contribution in [0.5, 0.6) is 0 Å². The van der Waals surface area contributed by atoms with Crippen LogP contribution < -0.4 is 0 Å². The van der Waals surface area contributed by atoms with Crippen molar-refractivity contribution in [1.29, 1.82) is 5.26 Å². The molecule has 0 spiro atoms. The Balaban J connectivity index is 1.73. The van der Waals surface area contributed by atoms with Crippen molar-refractivity contribution in [2.75, 3.05) is 19.8 Å². The Kier molecular flexibility index (Phi) is 4.74. The lowest BCUT2D eigenvalue weighted by molar-refractivity contribution is 0.0175. The van der Waals surface area contributed by atoms with Gasteiger partial charge in [0.05, 0.1) is 18.1 Å². The van der Waals surface area contributed by atoms with E-state index < -0.39 is 0 Å². The maximum Gasteiger partial charge on any atom is 0.0716 e. The summed E-state index contributed by atoms with van der Waals surface area (Å²) in [5.74, 6) is 0. The average molecular weight is 245 g/mol. The topological polar surface area (TPSA) is 42.2 Å². The first-order chi connectivity index (χ1) is 8.85. The molecule has 1 saturated heterocycles. The Labute approximate surface area is 108 Å². The Bertz CT molecular complexity index is 391. The lowest BCUT2D eigenvalue weighted by Gasteiger charge is -2.30. The van der Waals surface area contributed by atoms with Crippen LogP contribution >= 0.6 is 0 Å². The summed E-state index contributed by atoms with van der Waals surface area (Å²) >= 11 is 0. The minimum Gasteiger partial charge on any atom is -0.381 e. The van der Waals surface area contributed by atoms with Crippen LogP contribution in [0.2, 0.25) is 0 Å². The molecule has 1 aromatic rings. The molecule has 0 radical (unpaired) electrons. The van der Waals surface area contributed by atoms with E-state index in [1.165, 1.54) is 5.56 Å². The minimum atomic E-state index is -0.227. The molecule has 0 unspecified atom stereocenters. The van der Waals surface area contributed by atoms with Gasteiger partial charge < -0.3 is 9.47 Å². The molecular weight excluding hydrogens is 226 g/mol. The van der Waals surface area contributed by atoms with E-state index in [2.05, 4.69) is 18.2 Å². The molecule has 0 aliphatic carbocycles. The standard InChI is InChI=1S/C15H19NO2/c16-13-15(6-9-17-10-7-15)8-11-18-12-14-4-2-1-3-5-14/h1-5H,6-12H2. The molecule has 1 fully saturated rings. The van der Waals surface area contributed by atoms with Crippen molar-refractivity contribution in [3.63, 3.8) is 0 Å². The van der Waals surface area contributed by atoms with E-state index in [9.17, 15) is 5.26 Å². The van der Waals surface area contributed by atoms with E-state index in [1.54, 1.807) is 0 Å². The zero-order valence-corrected chi connectivity index (χ0v) is 10.6. The highest BCUT2D eigenvalue weighted by molar-refractivity contribution is 5.13. The van der Waals surface area contributed by atoms with Gasteiger partial charge in [0.15, 0.2) is 0 Å². The van der Waals surface area contributed by atoms with Gasteiger partial charge in [-0.2, -0.15) is 5.26 Å². The zero-order valence-electron chi connectivity index (χ0n) is 10.6. The number of nitriles is 1. The number of hydrogen-bond donors (Lipinski definition) is 0. The van der Waals surface area contributed by atoms with Crippen molar-refractivity contribution < 1.29 is 9.47 Å². The van der Waals surface area contributed by atoms with E-state index in [0.717, 1.165) is 19.3 Å². The van der Waals surface area contributed by atoms with Gasteiger partial charge in [-0.1, -0.05) is 30.3 Å². The summed E-state index contributed by atoms with van der Waals surface area (Å²) in [5, 5.41) is 9.30. The monoisotopic (exact) mass is 245 g/mol. The summed E-state index contributed by atoms with van der Waals surface area (Å²) in [7, 11) is 0. The Morgan fingerprint density at radius 3 is 2.61 bits per heavy atom. The fourth-order valence-electron chi connectivity index (χ4n) is 2.21. The molecule has 2 rings (SSSR count). The molecule has 96 valence electrons. The smallest absolute Gasteiger partial charge is 0.0716 e. The van der Waals surface area contributed by atoms with Crippen LogP contribution in [-0.2, 0) is 16.1 Å². The van der Waals surface area contributed by atoms with E-state index in [1.807, 2.05) is 18.2 Å². The van der Waals surface area contributed by atoms with Crippen LogP contribution in [0.4, 0.5) is 0 Å². The zero-order chi connectivity index (χ0) is 12.7. The second-order valence-corrected chi connectivity index (χ2v) is 4.79. The molecule has 0 atom stereocenters. The van der Waals surface area contributed by atoms with E-state index in [-0.39, 0.29) is 5.41 Å². The fourth-order valence-corrected chi connectivity index (χ4v) is 2.21. The second kappa shape index (κ2) is 6.53. The minimum absolute atomic E-state index is 0.227. The number of ether oxygens (including phenoxy) is 2. The molecule has 0 amide bonds. The SMILES string of the molecule is N#CC1(CCOCc2ccccc2)CCOCC1. The summed E-state index contributed by atoms with van der Waals surface area (Å²) in [6.07, 6.45) is 2.47. The van der Waals surface area contributed by atoms with Crippen molar-refractivity contribution in [1.82, 2.24) is 0 Å². The number of benzene rings is 1. The summed E-state index contributed by atoms with van der Waals surface area (Å²) in [4.78, 5) is 0. The molecule has 3 nitrogen and oxygen atoms in total. The molecule has 1 aliphatic heterocycles. The number of rotatable bonds is 5. The average Bonchev–Trinajstić information content (AvgIpc) is 2.46. The molecule has 0 N–H and O–H groups in total. The third-order valence-electron chi connectivity index (χ3n) is 3.52. The highest BCUT2D eigenvalue weighted by Crippen LogP contribution is 2.33. The van der Waals surface area contributed by atoms with Crippen LogP contribution in [0.3, 0.4) is 0 Å². The predicted octanol–water partition coefficient (Wildman–Crippen LogP) is 2.91. The number of hydrogen-bond acceptors (Lipinski definition) is 3. The molecule has 0 saturated carbocycles. The van der Waals surface area contributed by atoms with Gasteiger partial charge in [0, 0.05) is 19.8 Å². The summed E-state index contributed by atoms with van der Waals surface area (Å²) in [5.41, 5.74) is 0.949. The van der Waals surface area contributed by atoms with Gasteiger partial charge in [-0.05, 0) is 24.8 Å². The first-order valence-electron chi connectivity index (χ1n) is 6.45. The second-order valence-electron chi connectivity index (χ2n) is 4.79. The summed E-state index contributed by atoms with van der Waals surface area (Å²) in [6, 6.07) is 12.6. The lowest BCUT2D eigenvalue weighted by Crippen LogP contribution is -2.29. The molecule has 1 heterocycles. The van der Waals surface area contributed by atoms with Crippen LogP contribution in [0.1, 0.15) is 24.8 Å². The normalized spacial score (nSPS) is 18.2. The van der Waals surface area contributed by atoms with Crippen molar-refractivity contribution in [3.8, 4) is 6.07 Å². The van der Waals surface area contributed by atoms with Gasteiger partial charge in [-0.3, -0.25) is 0 Å². The largest absolute Gasteiger partial charge is 0.381 e. The molecule has 18 heavy (non-hydrogen) atoms. The number of nitrogens with zero attached hydrogens (tertiary/aromatic N) is 1. The fraction of sp³-hybridized carbons (Fsp3) is 0.533. The van der Waals surface area contributed by atoms with Crippen molar-refractivity contribution in [3.05, 3.63) is 35.9 Å². The lowest BCUT2D eigenvalue weighted by atomic mass is 9.79. The van der Waals surface area contributed by atoms with Crippen LogP contribution in [0.25, 0.3) is 0 Å². The van der Waals surface area contributed by atoms with Crippen LogP contribution in [0, 0.1) is 16.7 Å². The van der Waals surface area contributed by atoms with Gasteiger partial charge in [-0.15, -0.1) is 0 Å². The van der Waals surface area contributed by atoms with E-state index >= 15 is 0 Å². The maximum absolute atomic E-state index is 9.30. The van der Waals surface area contributed by atoms with Gasteiger partial charge >= 0.3 is 0 Å². The van der Waals surface area contributed by atoms with Gasteiger partial charge in [0.2, 0.25) is 0 Å². The van der Waals surface area contributed by atoms with Crippen molar-refractivity contribution in [2.24, 2.45) is 5.41 Å². The highest BCUT2D eigenvalue weighted by atomic mass is 16.5. The van der Waals surface area contributed by atoms with E-state index in [4.69, 9.17) is 9.47 Å². The third kappa shape index (κ3) is 3.56.